The quantitative estimate of drug-likeness (QED) is 0.648. The summed E-state index contributed by atoms with van der Waals surface area (Å²) in [5.74, 6) is 0.383. The number of anilines is 1. The third-order valence-electron chi connectivity index (χ3n) is 4.93. The highest BCUT2D eigenvalue weighted by atomic mass is 16.5. The number of nitrogens with zero attached hydrogens (tertiary/aromatic N) is 2. The zero-order valence-corrected chi connectivity index (χ0v) is 16.2. The lowest BCUT2D eigenvalue weighted by molar-refractivity contribution is 0.0696. The predicted molar refractivity (Wildman–Crippen MR) is 113 cm³/mol. The Labute approximate surface area is 169 Å². The van der Waals surface area contributed by atoms with E-state index in [1.54, 1.807) is 24.4 Å². The Morgan fingerprint density at radius 2 is 1.83 bits per heavy atom. The average molecular weight is 390 g/mol. The van der Waals surface area contributed by atoms with Gasteiger partial charge in [0.15, 0.2) is 0 Å². The molecule has 0 saturated carbocycles. The van der Waals surface area contributed by atoms with Crippen LogP contribution in [0.1, 0.15) is 21.7 Å². The van der Waals surface area contributed by atoms with Gasteiger partial charge in [0.25, 0.3) is 0 Å². The number of aryl methyl sites for hydroxylation is 1. The fraction of sp³-hybridized carbons (Fsp3) is 0.217. The molecule has 0 unspecified atom stereocenters. The van der Waals surface area contributed by atoms with Gasteiger partial charge in [0, 0.05) is 24.3 Å². The molecule has 2 heterocycles. The Bertz CT molecular complexity index is 1030. The summed E-state index contributed by atoms with van der Waals surface area (Å²) in [5, 5.41) is 9.10. The zero-order valence-electron chi connectivity index (χ0n) is 16.2. The van der Waals surface area contributed by atoms with E-state index in [9.17, 15) is 4.79 Å². The standard InChI is InChI=1S/C23H22N2O4/c1-16-14-17(23(26)27)2-8-21(16)22-9-7-20(29-22)15-24-18-3-5-19(6-4-18)25-10-12-28-13-11-25/h2-9,14-15H,10-13H2,1H3,(H,26,27). The SMILES string of the molecule is Cc1cc(C(=O)O)ccc1-c1ccc(C=Nc2ccc(N3CCOCC3)cc2)o1. The summed E-state index contributed by atoms with van der Waals surface area (Å²) >= 11 is 0. The summed E-state index contributed by atoms with van der Waals surface area (Å²) in [4.78, 5) is 17.9. The first kappa shape index (κ1) is 19.0. The highest BCUT2D eigenvalue weighted by molar-refractivity contribution is 5.89. The first-order valence-electron chi connectivity index (χ1n) is 9.51. The van der Waals surface area contributed by atoms with E-state index < -0.39 is 5.97 Å². The highest BCUT2D eigenvalue weighted by Gasteiger charge is 2.11. The van der Waals surface area contributed by atoms with Crippen molar-refractivity contribution in [1.82, 2.24) is 0 Å². The van der Waals surface area contributed by atoms with Crippen molar-refractivity contribution in [2.45, 2.75) is 6.92 Å². The number of carboxylic acid groups (broad SMARTS) is 1. The molecule has 1 aliphatic heterocycles. The number of hydrogen-bond acceptors (Lipinski definition) is 5. The molecule has 6 heteroatoms. The van der Waals surface area contributed by atoms with Crippen molar-refractivity contribution < 1.29 is 19.1 Å². The van der Waals surface area contributed by atoms with Gasteiger partial charge < -0.3 is 19.2 Å². The third kappa shape index (κ3) is 4.38. The van der Waals surface area contributed by atoms with Gasteiger partial charge in [0.1, 0.15) is 11.5 Å². The topological polar surface area (TPSA) is 75.3 Å². The first-order chi connectivity index (χ1) is 14.1. The number of aromatic carboxylic acids is 1. The molecule has 0 radical (unpaired) electrons. The van der Waals surface area contributed by atoms with Crippen LogP contribution in [0.15, 0.2) is 64.0 Å². The number of hydrogen-bond donors (Lipinski definition) is 1. The number of carboxylic acids is 1. The molecule has 2 aromatic carbocycles. The van der Waals surface area contributed by atoms with Gasteiger partial charge in [-0.25, -0.2) is 4.79 Å². The van der Waals surface area contributed by atoms with Crippen LogP contribution in [0.5, 0.6) is 0 Å². The number of furan rings is 1. The van der Waals surface area contributed by atoms with Gasteiger partial charge in [-0.15, -0.1) is 0 Å². The molecule has 29 heavy (non-hydrogen) atoms. The number of ether oxygens (including phenoxy) is 1. The molecular weight excluding hydrogens is 368 g/mol. The van der Waals surface area contributed by atoms with Crippen LogP contribution in [0.3, 0.4) is 0 Å². The Balaban J connectivity index is 1.46. The molecule has 0 aliphatic carbocycles. The summed E-state index contributed by atoms with van der Waals surface area (Å²) in [6.45, 7) is 5.21. The molecule has 0 amide bonds. The molecule has 4 rings (SSSR count). The second kappa shape index (κ2) is 8.32. The molecule has 0 spiro atoms. The lowest BCUT2D eigenvalue weighted by atomic mass is 10.0. The maximum atomic E-state index is 11.1. The summed E-state index contributed by atoms with van der Waals surface area (Å²) in [6.07, 6.45) is 1.69. The Morgan fingerprint density at radius 3 is 2.52 bits per heavy atom. The molecule has 1 saturated heterocycles. The summed E-state index contributed by atoms with van der Waals surface area (Å²) in [7, 11) is 0. The maximum Gasteiger partial charge on any atom is 0.335 e. The van der Waals surface area contributed by atoms with Crippen molar-refractivity contribution in [3.63, 3.8) is 0 Å². The van der Waals surface area contributed by atoms with Gasteiger partial charge in [-0.1, -0.05) is 6.07 Å². The number of rotatable bonds is 5. The van der Waals surface area contributed by atoms with Crippen LogP contribution in [0.2, 0.25) is 0 Å². The van der Waals surface area contributed by atoms with E-state index in [1.807, 2.05) is 31.2 Å². The number of morpholine rings is 1. The molecule has 6 nitrogen and oxygen atoms in total. The van der Waals surface area contributed by atoms with Crippen LogP contribution in [-0.4, -0.2) is 43.6 Å². The number of benzene rings is 2. The smallest absolute Gasteiger partial charge is 0.335 e. The Hall–Kier alpha value is -3.38. The van der Waals surface area contributed by atoms with Crippen molar-refractivity contribution in [3.8, 4) is 11.3 Å². The summed E-state index contributed by atoms with van der Waals surface area (Å²) in [5.41, 5.74) is 4.00. The van der Waals surface area contributed by atoms with Gasteiger partial charge in [-0.05, 0) is 61.0 Å². The van der Waals surface area contributed by atoms with Crippen molar-refractivity contribution >= 4 is 23.6 Å². The molecule has 1 fully saturated rings. The Morgan fingerprint density at radius 1 is 1.07 bits per heavy atom. The second-order valence-corrected chi connectivity index (χ2v) is 6.91. The van der Waals surface area contributed by atoms with Crippen LogP contribution in [0.25, 0.3) is 11.3 Å². The lowest BCUT2D eigenvalue weighted by Crippen LogP contribution is -2.36. The Kier molecular flexibility index (Phi) is 5.44. The molecular formula is C23H22N2O4. The third-order valence-corrected chi connectivity index (χ3v) is 4.93. The van der Waals surface area contributed by atoms with Crippen LogP contribution >= 0.6 is 0 Å². The second-order valence-electron chi connectivity index (χ2n) is 6.91. The van der Waals surface area contributed by atoms with E-state index >= 15 is 0 Å². The van der Waals surface area contributed by atoms with E-state index in [1.165, 1.54) is 5.69 Å². The predicted octanol–water partition coefficient (Wildman–Crippen LogP) is 4.54. The molecule has 148 valence electrons. The molecule has 0 bridgehead atoms. The van der Waals surface area contributed by atoms with Gasteiger partial charge in [-0.3, -0.25) is 4.99 Å². The van der Waals surface area contributed by atoms with E-state index in [4.69, 9.17) is 14.3 Å². The minimum absolute atomic E-state index is 0.264. The molecule has 1 aromatic heterocycles. The van der Waals surface area contributed by atoms with E-state index in [0.29, 0.717) is 11.5 Å². The lowest BCUT2D eigenvalue weighted by Gasteiger charge is -2.28. The van der Waals surface area contributed by atoms with E-state index in [0.717, 1.165) is 43.1 Å². The van der Waals surface area contributed by atoms with Gasteiger partial charge >= 0.3 is 5.97 Å². The van der Waals surface area contributed by atoms with Gasteiger partial charge in [-0.2, -0.15) is 0 Å². The summed E-state index contributed by atoms with van der Waals surface area (Å²) in [6, 6.07) is 16.8. The molecule has 0 atom stereocenters. The number of aliphatic imine (C=N–C) groups is 1. The maximum absolute atomic E-state index is 11.1. The van der Waals surface area contributed by atoms with E-state index in [2.05, 4.69) is 22.0 Å². The highest BCUT2D eigenvalue weighted by Crippen LogP contribution is 2.26. The van der Waals surface area contributed by atoms with Gasteiger partial charge in [0.05, 0.1) is 30.7 Å². The molecule has 1 N–H and O–H groups in total. The van der Waals surface area contributed by atoms with Crippen molar-refractivity contribution in [2.24, 2.45) is 4.99 Å². The minimum Gasteiger partial charge on any atom is -0.478 e. The summed E-state index contributed by atoms with van der Waals surface area (Å²) < 4.78 is 11.3. The van der Waals surface area contributed by atoms with E-state index in [-0.39, 0.29) is 5.56 Å². The largest absolute Gasteiger partial charge is 0.478 e. The van der Waals surface area contributed by atoms with Crippen LogP contribution in [0, 0.1) is 6.92 Å². The fourth-order valence-electron chi connectivity index (χ4n) is 3.35. The normalized spacial score (nSPS) is 14.4. The van der Waals surface area contributed by atoms with Crippen molar-refractivity contribution in [3.05, 3.63) is 71.5 Å². The van der Waals surface area contributed by atoms with Gasteiger partial charge in [0.2, 0.25) is 0 Å². The van der Waals surface area contributed by atoms with Crippen LogP contribution in [0.4, 0.5) is 11.4 Å². The van der Waals surface area contributed by atoms with Crippen molar-refractivity contribution in [2.75, 3.05) is 31.2 Å². The monoisotopic (exact) mass is 390 g/mol. The average Bonchev–Trinajstić information content (AvgIpc) is 3.22. The molecule has 3 aromatic rings. The van der Waals surface area contributed by atoms with Crippen LogP contribution in [-0.2, 0) is 4.74 Å². The fourth-order valence-corrected chi connectivity index (χ4v) is 3.35. The molecule has 1 aliphatic rings. The number of carbonyl (C=O) groups is 1. The zero-order chi connectivity index (χ0) is 20.2. The first-order valence-corrected chi connectivity index (χ1v) is 9.51. The van der Waals surface area contributed by atoms with Crippen LogP contribution < -0.4 is 4.90 Å². The minimum atomic E-state index is -0.938. The van der Waals surface area contributed by atoms with Crippen molar-refractivity contribution in [1.29, 1.82) is 0 Å².